The van der Waals surface area contributed by atoms with Crippen LogP contribution in [-0.2, 0) is 0 Å². The molecule has 1 aliphatic rings. The number of hydrogen-bond acceptors (Lipinski definition) is 1. The molecule has 0 radical (unpaired) electrons. The first-order valence-corrected chi connectivity index (χ1v) is 3.10. The fourth-order valence-corrected chi connectivity index (χ4v) is 0.894. The van der Waals surface area contributed by atoms with E-state index in [2.05, 4.69) is 4.99 Å². The third-order valence-corrected chi connectivity index (χ3v) is 1.42. The molecule has 1 nitrogen and oxygen atoms in total. The number of nitrogens with zero attached hydrogens (tertiary/aromatic N) is 1. The van der Waals surface area contributed by atoms with Gasteiger partial charge in [-0.15, -0.1) is 0 Å². The summed E-state index contributed by atoms with van der Waals surface area (Å²) in [5.74, 6) is 0. The van der Waals surface area contributed by atoms with Gasteiger partial charge in [0.05, 0.1) is 0 Å². The molecule has 1 aliphatic heterocycles. The summed E-state index contributed by atoms with van der Waals surface area (Å²) < 4.78 is 23.6. The van der Waals surface area contributed by atoms with Crippen LogP contribution in [0.5, 0.6) is 0 Å². The lowest BCUT2D eigenvalue weighted by atomic mass is 10.1. The van der Waals surface area contributed by atoms with E-state index in [0.717, 1.165) is 12.8 Å². The van der Waals surface area contributed by atoms with Crippen LogP contribution in [0.3, 0.4) is 0 Å². The Kier molecular flexibility index (Phi) is 2.14. The summed E-state index contributed by atoms with van der Waals surface area (Å²) in [6.45, 7) is 0. The Balaban J connectivity index is 2.40. The first kappa shape index (κ1) is 6.65. The topological polar surface area (TPSA) is 12.4 Å². The van der Waals surface area contributed by atoms with Crippen molar-refractivity contribution in [1.82, 2.24) is 0 Å². The molecule has 1 atom stereocenters. The largest absolute Gasteiger partial charge is 0.288 e. The molecule has 0 aliphatic carbocycles. The van der Waals surface area contributed by atoms with Crippen LogP contribution in [0.25, 0.3) is 0 Å². The molecule has 1 rings (SSSR count). The lowest BCUT2D eigenvalue weighted by Crippen LogP contribution is -2.18. The van der Waals surface area contributed by atoms with E-state index in [4.69, 9.17) is 0 Å². The first-order valence-electron chi connectivity index (χ1n) is 3.10. The predicted molar refractivity (Wildman–Crippen MR) is 32.1 cm³/mol. The molecule has 0 bridgehead atoms. The van der Waals surface area contributed by atoms with Crippen LogP contribution in [-0.4, -0.2) is 18.7 Å². The number of alkyl halides is 2. The molecule has 0 aromatic heterocycles. The van der Waals surface area contributed by atoms with Crippen molar-refractivity contribution in [3.05, 3.63) is 0 Å². The van der Waals surface area contributed by atoms with Crippen LogP contribution < -0.4 is 0 Å². The second-order valence-corrected chi connectivity index (χ2v) is 2.16. The molecular weight excluding hydrogens is 124 g/mol. The number of rotatable bonds is 1. The van der Waals surface area contributed by atoms with Crippen molar-refractivity contribution >= 4 is 6.21 Å². The van der Waals surface area contributed by atoms with Gasteiger partial charge in [-0.1, -0.05) is 0 Å². The third kappa shape index (κ3) is 1.73. The highest BCUT2D eigenvalue weighted by molar-refractivity contribution is 5.58. The van der Waals surface area contributed by atoms with E-state index in [1.807, 2.05) is 0 Å². The summed E-state index contributed by atoms with van der Waals surface area (Å²) in [5, 5.41) is 0. The summed E-state index contributed by atoms with van der Waals surface area (Å²) in [6.07, 6.45) is 1.61. The normalized spacial score (nSPS) is 27.2. The smallest absolute Gasteiger partial charge is 0.260 e. The molecule has 0 saturated heterocycles. The van der Waals surface area contributed by atoms with Crippen molar-refractivity contribution in [2.75, 3.05) is 0 Å². The Bertz CT molecular complexity index is 112. The number of hydrogen-bond donors (Lipinski definition) is 0. The van der Waals surface area contributed by atoms with Gasteiger partial charge in [0.15, 0.2) is 0 Å². The molecule has 0 fully saturated rings. The maximum atomic E-state index is 11.8. The Labute approximate surface area is 52.8 Å². The van der Waals surface area contributed by atoms with E-state index in [-0.39, 0.29) is 0 Å². The maximum absolute atomic E-state index is 11.8. The zero-order chi connectivity index (χ0) is 6.69. The summed E-state index contributed by atoms with van der Waals surface area (Å²) in [5.41, 5.74) is 0. The standard InChI is InChI=1S/C6H9F2N/c7-6(8)5-3-1-2-4-9-5/h4-6H,1-3H2. The Morgan fingerprint density at radius 2 is 2.33 bits per heavy atom. The molecule has 0 amide bonds. The average molecular weight is 133 g/mol. The van der Waals surface area contributed by atoms with E-state index in [1.54, 1.807) is 6.21 Å². The zero-order valence-electron chi connectivity index (χ0n) is 5.06. The maximum Gasteiger partial charge on any atom is 0.260 e. The summed E-state index contributed by atoms with van der Waals surface area (Å²) in [4.78, 5) is 3.65. The van der Waals surface area contributed by atoms with Crippen LogP contribution >= 0.6 is 0 Å². The highest BCUT2D eigenvalue weighted by atomic mass is 19.3. The second-order valence-electron chi connectivity index (χ2n) is 2.16. The quantitative estimate of drug-likeness (QED) is 0.517. The van der Waals surface area contributed by atoms with Gasteiger partial charge < -0.3 is 0 Å². The summed E-state index contributed by atoms with van der Waals surface area (Å²) in [6, 6.07) is -0.709. The van der Waals surface area contributed by atoms with Crippen molar-refractivity contribution in [2.24, 2.45) is 4.99 Å². The van der Waals surface area contributed by atoms with Crippen LogP contribution in [0, 0.1) is 0 Å². The fraction of sp³-hybridized carbons (Fsp3) is 0.833. The SMILES string of the molecule is FC(F)C1CCCC=N1. The highest BCUT2D eigenvalue weighted by Gasteiger charge is 2.19. The van der Waals surface area contributed by atoms with Gasteiger partial charge in [0.2, 0.25) is 0 Å². The van der Waals surface area contributed by atoms with Crippen LogP contribution in [0.2, 0.25) is 0 Å². The predicted octanol–water partition coefficient (Wildman–Crippen LogP) is 1.87. The highest BCUT2D eigenvalue weighted by Crippen LogP contribution is 2.15. The van der Waals surface area contributed by atoms with E-state index >= 15 is 0 Å². The Hall–Kier alpha value is -0.470. The van der Waals surface area contributed by atoms with Crippen LogP contribution in [0.1, 0.15) is 19.3 Å². The molecule has 0 N–H and O–H groups in total. The van der Waals surface area contributed by atoms with Gasteiger partial charge in [-0.25, -0.2) is 8.78 Å². The van der Waals surface area contributed by atoms with Gasteiger partial charge in [-0.05, 0) is 25.5 Å². The average Bonchev–Trinajstić information content (AvgIpc) is 1.90. The van der Waals surface area contributed by atoms with Gasteiger partial charge in [0.25, 0.3) is 6.43 Å². The van der Waals surface area contributed by atoms with Crippen LogP contribution in [0.15, 0.2) is 4.99 Å². The minimum absolute atomic E-state index is 0.550. The number of aliphatic imine (C=N–C) groups is 1. The van der Waals surface area contributed by atoms with Crippen molar-refractivity contribution < 1.29 is 8.78 Å². The minimum Gasteiger partial charge on any atom is -0.288 e. The lowest BCUT2D eigenvalue weighted by Gasteiger charge is -2.13. The molecule has 0 spiro atoms. The molecule has 0 saturated carbocycles. The van der Waals surface area contributed by atoms with E-state index in [9.17, 15) is 8.78 Å². The Morgan fingerprint density at radius 1 is 1.56 bits per heavy atom. The molecule has 0 aromatic carbocycles. The zero-order valence-corrected chi connectivity index (χ0v) is 5.06. The van der Waals surface area contributed by atoms with E-state index in [1.165, 1.54) is 0 Å². The minimum atomic E-state index is -2.26. The van der Waals surface area contributed by atoms with E-state index < -0.39 is 12.5 Å². The molecule has 0 aromatic rings. The summed E-state index contributed by atoms with van der Waals surface area (Å²) >= 11 is 0. The van der Waals surface area contributed by atoms with E-state index in [0.29, 0.717) is 6.42 Å². The molecule has 1 heterocycles. The van der Waals surface area contributed by atoms with Gasteiger partial charge in [0.1, 0.15) is 6.04 Å². The van der Waals surface area contributed by atoms with Gasteiger partial charge in [-0.3, -0.25) is 4.99 Å². The Morgan fingerprint density at radius 3 is 2.67 bits per heavy atom. The van der Waals surface area contributed by atoms with Crippen molar-refractivity contribution in [3.63, 3.8) is 0 Å². The lowest BCUT2D eigenvalue weighted by molar-refractivity contribution is 0.111. The molecule has 9 heavy (non-hydrogen) atoms. The van der Waals surface area contributed by atoms with Crippen molar-refractivity contribution in [2.45, 2.75) is 31.7 Å². The van der Waals surface area contributed by atoms with Gasteiger partial charge in [-0.2, -0.15) is 0 Å². The monoisotopic (exact) mass is 133 g/mol. The van der Waals surface area contributed by atoms with Crippen molar-refractivity contribution in [1.29, 1.82) is 0 Å². The number of halogens is 2. The van der Waals surface area contributed by atoms with Crippen molar-refractivity contribution in [3.8, 4) is 0 Å². The van der Waals surface area contributed by atoms with Gasteiger partial charge in [0, 0.05) is 0 Å². The second kappa shape index (κ2) is 2.90. The summed E-state index contributed by atoms with van der Waals surface area (Å²) in [7, 11) is 0. The fourth-order valence-electron chi connectivity index (χ4n) is 0.894. The van der Waals surface area contributed by atoms with Crippen LogP contribution in [0.4, 0.5) is 8.78 Å². The third-order valence-electron chi connectivity index (χ3n) is 1.42. The first-order chi connectivity index (χ1) is 4.30. The molecular formula is C6H9F2N. The molecule has 1 unspecified atom stereocenters. The van der Waals surface area contributed by atoms with Gasteiger partial charge >= 0.3 is 0 Å². The molecule has 52 valence electrons. The molecule has 3 heteroatoms.